The van der Waals surface area contributed by atoms with E-state index in [1.807, 2.05) is 19.1 Å². The van der Waals surface area contributed by atoms with E-state index in [-0.39, 0.29) is 6.04 Å². The molecule has 0 bridgehead atoms. The lowest BCUT2D eigenvalue weighted by molar-refractivity contribution is 0.682. The molecule has 2 N–H and O–H groups in total. The molecule has 0 radical (unpaired) electrons. The smallest absolute Gasteiger partial charge is 0.0566 e. The molecule has 1 unspecified atom stereocenters. The summed E-state index contributed by atoms with van der Waals surface area (Å²) in [6, 6.07) is 12.6. The lowest BCUT2D eigenvalue weighted by Crippen LogP contribution is -2.14. The number of halogens is 1. The summed E-state index contributed by atoms with van der Waals surface area (Å²) < 4.78 is 0. The molecule has 0 aromatic heterocycles. The summed E-state index contributed by atoms with van der Waals surface area (Å²) in [5.41, 5.74) is 12.7. The van der Waals surface area contributed by atoms with Crippen molar-refractivity contribution >= 4 is 11.6 Å². The van der Waals surface area contributed by atoms with Crippen LogP contribution in [0.4, 0.5) is 0 Å². The fourth-order valence-electron chi connectivity index (χ4n) is 3.01. The van der Waals surface area contributed by atoms with E-state index in [2.05, 4.69) is 24.3 Å². The maximum Gasteiger partial charge on any atom is 0.0566 e. The van der Waals surface area contributed by atoms with Crippen molar-refractivity contribution in [2.75, 3.05) is 0 Å². The number of fused-ring (bicyclic) bond motifs is 1. The summed E-state index contributed by atoms with van der Waals surface area (Å²) in [7, 11) is 0. The van der Waals surface area contributed by atoms with E-state index < -0.39 is 0 Å². The van der Waals surface area contributed by atoms with Gasteiger partial charge in [0.25, 0.3) is 0 Å². The number of nitrogens with two attached hydrogens (primary N) is 1. The summed E-state index contributed by atoms with van der Waals surface area (Å²) in [5.74, 6) is 0. The highest BCUT2D eigenvalue weighted by Crippen LogP contribution is 2.30. The molecule has 1 atom stereocenters. The maximum atomic E-state index is 6.42. The summed E-state index contributed by atoms with van der Waals surface area (Å²) in [4.78, 5) is 0. The molecular formula is C18H20ClN. The van der Waals surface area contributed by atoms with E-state index in [1.165, 1.54) is 36.8 Å². The molecule has 0 fully saturated rings. The number of benzene rings is 2. The van der Waals surface area contributed by atoms with Crippen LogP contribution >= 0.6 is 11.6 Å². The average Bonchev–Trinajstić information content (AvgIpc) is 2.46. The third-order valence-electron chi connectivity index (χ3n) is 4.22. The molecule has 0 saturated heterocycles. The molecule has 0 spiro atoms. The van der Waals surface area contributed by atoms with Crippen LogP contribution in [0.5, 0.6) is 0 Å². The molecule has 20 heavy (non-hydrogen) atoms. The molecule has 104 valence electrons. The highest BCUT2D eigenvalue weighted by Gasteiger charge is 2.15. The monoisotopic (exact) mass is 285 g/mol. The number of aryl methyl sites for hydroxylation is 3. The van der Waals surface area contributed by atoms with Gasteiger partial charge in [-0.1, -0.05) is 41.9 Å². The Morgan fingerprint density at radius 1 is 1.00 bits per heavy atom. The Bertz CT molecular complexity index is 633. The largest absolute Gasteiger partial charge is 0.320 e. The first-order valence-electron chi connectivity index (χ1n) is 7.28. The van der Waals surface area contributed by atoms with Gasteiger partial charge in [0.05, 0.1) is 6.04 Å². The Hall–Kier alpha value is -1.31. The molecule has 0 heterocycles. The first-order chi connectivity index (χ1) is 9.65. The van der Waals surface area contributed by atoms with Crippen LogP contribution in [0.2, 0.25) is 5.02 Å². The van der Waals surface area contributed by atoms with E-state index >= 15 is 0 Å². The minimum atomic E-state index is -0.143. The minimum Gasteiger partial charge on any atom is -0.320 e. The molecule has 3 rings (SSSR count). The van der Waals surface area contributed by atoms with Gasteiger partial charge in [0, 0.05) is 5.02 Å². The Morgan fingerprint density at radius 3 is 2.50 bits per heavy atom. The van der Waals surface area contributed by atoms with Crippen LogP contribution < -0.4 is 5.73 Å². The first-order valence-corrected chi connectivity index (χ1v) is 7.66. The standard InChI is InChI=1S/C18H20ClN/c1-12-6-9-16(17(19)10-12)18(20)15-8-7-13-4-2-3-5-14(13)11-15/h6-11,18H,2-5,20H2,1H3. The lowest BCUT2D eigenvalue weighted by atomic mass is 9.88. The van der Waals surface area contributed by atoms with Gasteiger partial charge in [0.15, 0.2) is 0 Å². The Morgan fingerprint density at radius 2 is 1.75 bits per heavy atom. The second kappa shape index (κ2) is 5.59. The third kappa shape index (κ3) is 2.61. The van der Waals surface area contributed by atoms with E-state index in [4.69, 9.17) is 17.3 Å². The fourth-order valence-corrected chi connectivity index (χ4v) is 3.36. The molecule has 1 nitrogen and oxygen atoms in total. The average molecular weight is 286 g/mol. The number of hydrogen-bond donors (Lipinski definition) is 1. The van der Waals surface area contributed by atoms with E-state index in [0.717, 1.165) is 21.7 Å². The summed E-state index contributed by atoms with van der Waals surface area (Å²) >= 11 is 6.34. The molecule has 1 aliphatic carbocycles. The topological polar surface area (TPSA) is 26.0 Å². The highest BCUT2D eigenvalue weighted by atomic mass is 35.5. The van der Waals surface area contributed by atoms with Crippen molar-refractivity contribution in [3.63, 3.8) is 0 Å². The molecule has 1 aliphatic rings. The first kappa shape index (κ1) is 13.7. The van der Waals surface area contributed by atoms with Crippen LogP contribution in [0.3, 0.4) is 0 Å². The van der Waals surface area contributed by atoms with Gasteiger partial charge < -0.3 is 5.73 Å². The summed E-state index contributed by atoms with van der Waals surface area (Å²) in [5, 5.41) is 0.759. The lowest BCUT2D eigenvalue weighted by Gasteiger charge is -2.20. The third-order valence-corrected chi connectivity index (χ3v) is 4.55. The highest BCUT2D eigenvalue weighted by molar-refractivity contribution is 6.31. The normalized spacial score (nSPS) is 15.8. The molecule has 2 heteroatoms. The second-order valence-corrected chi connectivity index (χ2v) is 6.15. The zero-order chi connectivity index (χ0) is 14.1. The predicted octanol–water partition coefficient (Wildman–Crippen LogP) is 4.58. The predicted molar refractivity (Wildman–Crippen MR) is 85.3 cm³/mol. The van der Waals surface area contributed by atoms with E-state index in [1.54, 1.807) is 0 Å². The van der Waals surface area contributed by atoms with Crippen LogP contribution in [-0.2, 0) is 12.8 Å². The van der Waals surface area contributed by atoms with Crippen molar-refractivity contribution in [2.24, 2.45) is 5.73 Å². The van der Waals surface area contributed by atoms with Gasteiger partial charge in [-0.25, -0.2) is 0 Å². The summed E-state index contributed by atoms with van der Waals surface area (Å²) in [6.07, 6.45) is 4.98. The zero-order valence-corrected chi connectivity index (χ0v) is 12.6. The van der Waals surface area contributed by atoms with Gasteiger partial charge in [0.1, 0.15) is 0 Å². The van der Waals surface area contributed by atoms with Crippen molar-refractivity contribution < 1.29 is 0 Å². The van der Waals surface area contributed by atoms with Crippen molar-refractivity contribution in [2.45, 2.75) is 38.6 Å². The maximum absolute atomic E-state index is 6.42. The zero-order valence-electron chi connectivity index (χ0n) is 11.8. The molecule has 0 saturated carbocycles. The Kier molecular flexibility index (Phi) is 3.82. The van der Waals surface area contributed by atoms with Gasteiger partial charge in [-0.15, -0.1) is 0 Å². The Balaban J connectivity index is 1.95. The molecule has 0 aliphatic heterocycles. The van der Waals surface area contributed by atoms with Crippen LogP contribution in [0, 0.1) is 6.92 Å². The SMILES string of the molecule is Cc1ccc(C(N)c2ccc3c(c2)CCCC3)c(Cl)c1. The van der Waals surface area contributed by atoms with Gasteiger partial charge in [-0.2, -0.15) is 0 Å². The Labute approximate surface area is 125 Å². The molecule has 2 aromatic carbocycles. The number of rotatable bonds is 2. The second-order valence-electron chi connectivity index (χ2n) is 5.74. The van der Waals surface area contributed by atoms with Crippen LogP contribution in [0.1, 0.15) is 46.7 Å². The fraction of sp³-hybridized carbons (Fsp3) is 0.333. The van der Waals surface area contributed by atoms with Crippen LogP contribution in [0.15, 0.2) is 36.4 Å². The van der Waals surface area contributed by atoms with Crippen molar-refractivity contribution in [1.29, 1.82) is 0 Å². The minimum absolute atomic E-state index is 0.143. The molecular weight excluding hydrogens is 266 g/mol. The van der Waals surface area contributed by atoms with Crippen LogP contribution in [-0.4, -0.2) is 0 Å². The molecule has 2 aromatic rings. The van der Waals surface area contributed by atoms with E-state index in [0.29, 0.717) is 0 Å². The van der Waals surface area contributed by atoms with Crippen molar-refractivity contribution in [3.05, 3.63) is 69.2 Å². The summed E-state index contributed by atoms with van der Waals surface area (Å²) in [6.45, 7) is 2.04. The quantitative estimate of drug-likeness (QED) is 0.859. The number of hydrogen-bond acceptors (Lipinski definition) is 1. The van der Waals surface area contributed by atoms with Gasteiger partial charge >= 0.3 is 0 Å². The van der Waals surface area contributed by atoms with Crippen molar-refractivity contribution in [1.82, 2.24) is 0 Å². The van der Waals surface area contributed by atoms with E-state index in [9.17, 15) is 0 Å². The molecule has 0 amide bonds. The van der Waals surface area contributed by atoms with Crippen molar-refractivity contribution in [3.8, 4) is 0 Å². The van der Waals surface area contributed by atoms with Gasteiger partial charge in [-0.05, 0) is 66.5 Å². The van der Waals surface area contributed by atoms with Gasteiger partial charge in [-0.3, -0.25) is 0 Å². The van der Waals surface area contributed by atoms with Gasteiger partial charge in [0.2, 0.25) is 0 Å². The van der Waals surface area contributed by atoms with Crippen LogP contribution in [0.25, 0.3) is 0 Å².